The van der Waals surface area contributed by atoms with E-state index in [-0.39, 0.29) is 17.1 Å². The van der Waals surface area contributed by atoms with Gasteiger partial charge in [-0.05, 0) is 12.1 Å². The Labute approximate surface area is 84.1 Å². The second-order valence-electron chi connectivity index (χ2n) is 3.01. The summed E-state index contributed by atoms with van der Waals surface area (Å²) in [5.41, 5.74) is 5.88. The molecule has 15 heavy (non-hydrogen) atoms. The molecular weight excluding hydrogens is 202 g/mol. The standard InChI is InChI=1S/C9H8F2N4/c10-5-1-2-6(7(11)3-5)8-9(12)15(13)4-14-8/h1-4H,12-13H2. The molecule has 0 amide bonds. The molecule has 1 heterocycles. The summed E-state index contributed by atoms with van der Waals surface area (Å²) in [6.45, 7) is 0. The number of rotatable bonds is 1. The molecule has 0 radical (unpaired) electrons. The maximum Gasteiger partial charge on any atom is 0.150 e. The van der Waals surface area contributed by atoms with E-state index in [1.165, 1.54) is 12.4 Å². The molecule has 0 saturated heterocycles. The molecule has 2 rings (SSSR count). The summed E-state index contributed by atoms with van der Waals surface area (Å²) in [5.74, 6) is 4.14. The van der Waals surface area contributed by atoms with E-state index in [2.05, 4.69) is 4.98 Å². The molecule has 0 aliphatic rings. The van der Waals surface area contributed by atoms with Gasteiger partial charge < -0.3 is 11.6 Å². The maximum absolute atomic E-state index is 13.3. The zero-order valence-corrected chi connectivity index (χ0v) is 7.61. The lowest BCUT2D eigenvalue weighted by Gasteiger charge is -2.01. The van der Waals surface area contributed by atoms with Crippen LogP contribution in [0.15, 0.2) is 24.5 Å². The fraction of sp³-hybridized carbons (Fsp3) is 0. The van der Waals surface area contributed by atoms with E-state index in [4.69, 9.17) is 11.6 Å². The highest BCUT2D eigenvalue weighted by Gasteiger charge is 2.13. The van der Waals surface area contributed by atoms with Gasteiger partial charge in [0.15, 0.2) is 5.82 Å². The highest BCUT2D eigenvalue weighted by atomic mass is 19.1. The average Bonchev–Trinajstić information content (AvgIpc) is 2.49. The predicted molar refractivity (Wildman–Crippen MR) is 52.1 cm³/mol. The first-order valence-corrected chi connectivity index (χ1v) is 4.13. The highest BCUT2D eigenvalue weighted by Crippen LogP contribution is 2.25. The second-order valence-corrected chi connectivity index (χ2v) is 3.01. The Bertz CT molecular complexity index is 507. The Kier molecular flexibility index (Phi) is 2.03. The van der Waals surface area contributed by atoms with Gasteiger partial charge in [0.2, 0.25) is 0 Å². The molecule has 0 fully saturated rings. The molecule has 6 heteroatoms. The molecule has 0 aliphatic carbocycles. The van der Waals surface area contributed by atoms with E-state index in [9.17, 15) is 8.78 Å². The van der Waals surface area contributed by atoms with Crippen molar-refractivity contribution in [3.8, 4) is 11.3 Å². The molecule has 4 nitrogen and oxygen atoms in total. The van der Waals surface area contributed by atoms with E-state index in [1.54, 1.807) is 0 Å². The van der Waals surface area contributed by atoms with Gasteiger partial charge in [-0.1, -0.05) is 0 Å². The first kappa shape index (κ1) is 9.45. The smallest absolute Gasteiger partial charge is 0.150 e. The van der Waals surface area contributed by atoms with Crippen molar-refractivity contribution >= 4 is 5.82 Å². The highest BCUT2D eigenvalue weighted by molar-refractivity contribution is 5.70. The van der Waals surface area contributed by atoms with E-state index in [1.807, 2.05) is 0 Å². The Morgan fingerprint density at radius 2 is 2.00 bits per heavy atom. The Hall–Kier alpha value is -2.11. The van der Waals surface area contributed by atoms with Crippen LogP contribution in [0, 0.1) is 11.6 Å². The first-order valence-electron chi connectivity index (χ1n) is 4.13. The molecule has 0 aliphatic heterocycles. The number of imidazole rings is 1. The van der Waals surface area contributed by atoms with E-state index in [0.717, 1.165) is 16.8 Å². The number of hydrogen-bond donors (Lipinski definition) is 2. The quantitative estimate of drug-likeness (QED) is 0.693. The molecule has 78 valence electrons. The lowest BCUT2D eigenvalue weighted by Crippen LogP contribution is -2.10. The normalized spacial score (nSPS) is 10.5. The molecule has 2 aromatic rings. The van der Waals surface area contributed by atoms with Crippen LogP contribution in [0.1, 0.15) is 0 Å². The van der Waals surface area contributed by atoms with E-state index < -0.39 is 11.6 Å². The Morgan fingerprint density at radius 3 is 2.53 bits per heavy atom. The van der Waals surface area contributed by atoms with Crippen LogP contribution in [-0.4, -0.2) is 9.66 Å². The fourth-order valence-electron chi connectivity index (χ4n) is 1.26. The van der Waals surface area contributed by atoms with Gasteiger partial charge in [-0.3, -0.25) is 0 Å². The number of anilines is 1. The van der Waals surface area contributed by atoms with Crippen LogP contribution in [0.3, 0.4) is 0 Å². The molecule has 0 bridgehead atoms. The van der Waals surface area contributed by atoms with Crippen LogP contribution < -0.4 is 11.6 Å². The third-order valence-electron chi connectivity index (χ3n) is 2.02. The van der Waals surface area contributed by atoms with Crippen molar-refractivity contribution in [3.05, 3.63) is 36.2 Å². The van der Waals surface area contributed by atoms with Gasteiger partial charge in [-0.25, -0.2) is 18.4 Å². The van der Waals surface area contributed by atoms with Crippen LogP contribution in [0.25, 0.3) is 11.3 Å². The van der Waals surface area contributed by atoms with Gasteiger partial charge in [0.1, 0.15) is 23.7 Å². The minimum absolute atomic E-state index is 0.123. The monoisotopic (exact) mass is 210 g/mol. The Morgan fingerprint density at radius 1 is 1.27 bits per heavy atom. The molecule has 4 N–H and O–H groups in total. The largest absolute Gasteiger partial charge is 0.382 e. The molecule has 1 aromatic carbocycles. The van der Waals surface area contributed by atoms with Crippen molar-refractivity contribution in [3.63, 3.8) is 0 Å². The summed E-state index contributed by atoms with van der Waals surface area (Å²) < 4.78 is 27.1. The van der Waals surface area contributed by atoms with Crippen LogP contribution in [-0.2, 0) is 0 Å². The van der Waals surface area contributed by atoms with Crippen LogP contribution in [0.4, 0.5) is 14.6 Å². The zero-order valence-electron chi connectivity index (χ0n) is 7.61. The third kappa shape index (κ3) is 1.50. The summed E-state index contributed by atoms with van der Waals surface area (Å²) in [7, 11) is 0. The van der Waals surface area contributed by atoms with Crippen LogP contribution >= 0.6 is 0 Å². The summed E-state index contributed by atoms with van der Waals surface area (Å²) >= 11 is 0. The van der Waals surface area contributed by atoms with Gasteiger partial charge in [0, 0.05) is 11.6 Å². The molecule has 0 spiro atoms. The van der Waals surface area contributed by atoms with Gasteiger partial charge >= 0.3 is 0 Å². The van der Waals surface area contributed by atoms with Crippen molar-refractivity contribution in [2.24, 2.45) is 0 Å². The number of nitrogens with zero attached hydrogens (tertiary/aromatic N) is 2. The van der Waals surface area contributed by atoms with E-state index in [0.29, 0.717) is 0 Å². The molecule has 0 unspecified atom stereocenters. The Balaban J connectivity index is 2.59. The number of nitrogens with two attached hydrogens (primary N) is 2. The van der Waals surface area contributed by atoms with Crippen LogP contribution in [0.2, 0.25) is 0 Å². The van der Waals surface area contributed by atoms with Crippen molar-refractivity contribution in [2.75, 3.05) is 11.6 Å². The van der Waals surface area contributed by atoms with E-state index >= 15 is 0 Å². The van der Waals surface area contributed by atoms with Gasteiger partial charge in [-0.2, -0.15) is 0 Å². The SMILES string of the molecule is Nc1c(-c2ccc(F)cc2F)ncn1N. The summed E-state index contributed by atoms with van der Waals surface area (Å²) in [4.78, 5) is 3.83. The lowest BCUT2D eigenvalue weighted by atomic mass is 10.1. The maximum atomic E-state index is 13.3. The van der Waals surface area contributed by atoms with Gasteiger partial charge in [0.05, 0.1) is 0 Å². The van der Waals surface area contributed by atoms with Crippen molar-refractivity contribution < 1.29 is 8.78 Å². The topological polar surface area (TPSA) is 69.9 Å². The van der Waals surface area contributed by atoms with Crippen molar-refractivity contribution in [1.29, 1.82) is 0 Å². The number of benzene rings is 1. The zero-order chi connectivity index (χ0) is 11.0. The lowest BCUT2D eigenvalue weighted by molar-refractivity contribution is 0.585. The summed E-state index contributed by atoms with van der Waals surface area (Å²) in [5, 5.41) is 0. The minimum Gasteiger partial charge on any atom is -0.382 e. The molecule has 0 atom stereocenters. The summed E-state index contributed by atoms with van der Waals surface area (Å²) in [6.07, 6.45) is 1.26. The fourth-order valence-corrected chi connectivity index (χ4v) is 1.26. The van der Waals surface area contributed by atoms with Gasteiger partial charge in [-0.15, -0.1) is 0 Å². The molecule has 1 aromatic heterocycles. The average molecular weight is 210 g/mol. The number of nitrogen functional groups attached to an aromatic ring is 2. The van der Waals surface area contributed by atoms with Crippen molar-refractivity contribution in [1.82, 2.24) is 9.66 Å². The van der Waals surface area contributed by atoms with Gasteiger partial charge in [0.25, 0.3) is 0 Å². The van der Waals surface area contributed by atoms with Crippen LogP contribution in [0.5, 0.6) is 0 Å². The second kappa shape index (κ2) is 3.23. The third-order valence-corrected chi connectivity index (χ3v) is 2.02. The predicted octanol–water partition coefficient (Wildman–Crippen LogP) is 1.12. The number of hydrogen-bond acceptors (Lipinski definition) is 3. The minimum atomic E-state index is -0.722. The number of halogens is 2. The first-order chi connectivity index (χ1) is 7.09. The molecule has 0 saturated carbocycles. The molecular formula is C9H8F2N4. The summed E-state index contributed by atoms with van der Waals surface area (Å²) in [6, 6.07) is 3.17. The van der Waals surface area contributed by atoms with Crippen molar-refractivity contribution in [2.45, 2.75) is 0 Å². The number of aromatic nitrogens is 2.